The predicted molar refractivity (Wildman–Crippen MR) is 91.9 cm³/mol. The van der Waals surface area contributed by atoms with Crippen molar-refractivity contribution in [3.05, 3.63) is 29.8 Å². The van der Waals surface area contributed by atoms with E-state index in [4.69, 9.17) is 9.47 Å². The van der Waals surface area contributed by atoms with E-state index in [1.54, 1.807) is 14.2 Å². The second-order valence-electron chi connectivity index (χ2n) is 6.04. The van der Waals surface area contributed by atoms with Gasteiger partial charge in [0, 0.05) is 20.7 Å². The van der Waals surface area contributed by atoms with Crippen LogP contribution in [0.15, 0.2) is 29.3 Å². The molecular weight excluding hydrogens is 278 g/mol. The second-order valence-corrected chi connectivity index (χ2v) is 6.04. The van der Waals surface area contributed by atoms with Crippen molar-refractivity contribution < 1.29 is 9.47 Å². The highest BCUT2D eigenvalue weighted by Crippen LogP contribution is 2.24. The molecule has 1 rings (SSSR count). The van der Waals surface area contributed by atoms with Crippen molar-refractivity contribution in [2.24, 2.45) is 4.99 Å². The van der Waals surface area contributed by atoms with E-state index >= 15 is 0 Å². The summed E-state index contributed by atoms with van der Waals surface area (Å²) in [4.78, 5) is 4.13. The molecule has 2 N–H and O–H groups in total. The Morgan fingerprint density at radius 2 is 1.64 bits per heavy atom. The molecule has 0 spiro atoms. The van der Waals surface area contributed by atoms with E-state index in [1.807, 2.05) is 12.1 Å². The van der Waals surface area contributed by atoms with Gasteiger partial charge >= 0.3 is 0 Å². The molecule has 0 aliphatic rings. The predicted octanol–water partition coefficient (Wildman–Crippen LogP) is 2.17. The lowest BCUT2D eigenvalue weighted by atomic mass is 9.87. The molecule has 0 bridgehead atoms. The molecule has 1 aromatic carbocycles. The second kappa shape index (κ2) is 9.30. The van der Waals surface area contributed by atoms with Crippen LogP contribution in [-0.2, 0) is 10.2 Å². The monoisotopic (exact) mass is 307 g/mol. The summed E-state index contributed by atoms with van der Waals surface area (Å²) in [6.45, 7) is 9.26. The molecule has 0 heterocycles. The third kappa shape index (κ3) is 6.80. The first-order valence-electron chi connectivity index (χ1n) is 7.64. The quantitative estimate of drug-likeness (QED) is 0.460. The molecule has 124 valence electrons. The molecule has 0 unspecified atom stereocenters. The number of methoxy groups -OCH3 is 1. The number of rotatable bonds is 7. The average Bonchev–Trinajstić information content (AvgIpc) is 2.49. The van der Waals surface area contributed by atoms with Crippen LogP contribution in [0.5, 0.6) is 5.75 Å². The zero-order valence-corrected chi connectivity index (χ0v) is 14.4. The highest BCUT2D eigenvalue weighted by Gasteiger charge is 2.12. The van der Waals surface area contributed by atoms with Crippen LogP contribution < -0.4 is 15.4 Å². The summed E-state index contributed by atoms with van der Waals surface area (Å²) in [6, 6.07) is 8.28. The van der Waals surface area contributed by atoms with E-state index < -0.39 is 0 Å². The Kier molecular flexibility index (Phi) is 7.74. The Morgan fingerprint density at radius 1 is 1.05 bits per heavy atom. The summed E-state index contributed by atoms with van der Waals surface area (Å²) in [5.41, 5.74) is 1.47. The van der Waals surface area contributed by atoms with Crippen LogP contribution in [0.25, 0.3) is 0 Å². The van der Waals surface area contributed by atoms with Crippen LogP contribution in [0.1, 0.15) is 26.3 Å². The molecule has 0 saturated heterocycles. The summed E-state index contributed by atoms with van der Waals surface area (Å²) in [5, 5.41) is 6.34. The lowest BCUT2D eigenvalue weighted by molar-refractivity contribution is 0.203. The van der Waals surface area contributed by atoms with Gasteiger partial charge in [-0.1, -0.05) is 32.9 Å². The van der Waals surface area contributed by atoms with Crippen molar-refractivity contribution in [3.8, 4) is 5.75 Å². The Hall–Kier alpha value is -1.75. The molecule has 5 heteroatoms. The number of guanidine groups is 1. The molecule has 0 aromatic heterocycles. The number of aliphatic imine (C=N–C) groups is 1. The van der Waals surface area contributed by atoms with Gasteiger partial charge in [-0.05, 0) is 23.1 Å². The van der Waals surface area contributed by atoms with E-state index in [2.05, 4.69) is 48.5 Å². The van der Waals surface area contributed by atoms with Crippen molar-refractivity contribution in [1.29, 1.82) is 0 Å². The smallest absolute Gasteiger partial charge is 0.191 e. The summed E-state index contributed by atoms with van der Waals surface area (Å²) < 4.78 is 10.7. The number of ether oxygens (including phenoxy) is 2. The summed E-state index contributed by atoms with van der Waals surface area (Å²) in [5.74, 6) is 1.64. The van der Waals surface area contributed by atoms with Gasteiger partial charge in [0.1, 0.15) is 12.4 Å². The van der Waals surface area contributed by atoms with Gasteiger partial charge in [-0.15, -0.1) is 0 Å². The maximum atomic E-state index is 5.72. The molecule has 0 fully saturated rings. The minimum Gasteiger partial charge on any atom is -0.492 e. The summed E-state index contributed by atoms with van der Waals surface area (Å²) >= 11 is 0. The normalized spacial score (nSPS) is 12.1. The van der Waals surface area contributed by atoms with Crippen molar-refractivity contribution in [1.82, 2.24) is 10.6 Å². The lowest BCUT2D eigenvalue weighted by Gasteiger charge is -2.19. The number of nitrogens with one attached hydrogen (secondary N) is 2. The zero-order valence-electron chi connectivity index (χ0n) is 14.4. The molecule has 0 aliphatic carbocycles. The number of nitrogens with zero attached hydrogens (tertiary/aromatic N) is 1. The standard InChI is InChI=1S/C17H29N3O2/c1-17(2,3)14-6-8-15(9-7-14)22-13-11-20-16(18-4)19-10-12-21-5/h6-9H,10-13H2,1-5H3,(H2,18,19,20). The molecule has 1 aromatic rings. The van der Waals surface area contributed by atoms with E-state index in [9.17, 15) is 0 Å². The van der Waals surface area contributed by atoms with Gasteiger partial charge < -0.3 is 20.1 Å². The van der Waals surface area contributed by atoms with Crippen LogP contribution in [-0.4, -0.2) is 46.4 Å². The van der Waals surface area contributed by atoms with Crippen LogP contribution in [0.4, 0.5) is 0 Å². The first kappa shape index (κ1) is 18.3. The zero-order chi connectivity index (χ0) is 16.4. The third-order valence-corrected chi connectivity index (χ3v) is 3.21. The minimum atomic E-state index is 0.167. The fourth-order valence-electron chi connectivity index (χ4n) is 1.88. The molecule has 0 amide bonds. The molecule has 0 radical (unpaired) electrons. The Morgan fingerprint density at radius 3 is 2.14 bits per heavy atom. The van der Waals surface area contributed by atoms with Gasteiger partial charge in [-0.25, -0.2) is 0 Å². The molecular formula is C17H29N3O2. The minimum absolute atomic E-state index is 0.167. The van der Waals surface area contributed by atoms with Crippen molar-refractivity contribution in [2.45, 2.75) is 26.2 Å². The summed E-state index contributed by atoms with van der Waals surface area (Å²) in [7, 11) is 3.42. The molecule has 0 saturated carbocycles. The highest BCUT2D eigenvalue weighted by atomic mass is 16.5. The van der Waals surface area contributed by atoms with E-state index in [-0.39, 0.29) is 5.41 Å². The lowest BCUT2D eigenvalue weighted by Crippen LogP contribution is -2.40. The Labute approximate surface area is 134 Å². The molecule has 0 atom stereocenters. The Balaban J connectivity index is 2.29. The summed E-state index contributed by atoms with van der Waals surface area (Å²) in [6.07, 6.45) is 0. The number of hydrogen-bond donors (Lipinski definition) is 2. The van der Waals surface area contributed by atoms with Crippen molar-refractivity contribution >= 4 is 5.96 Å². The third-order valence-electron chi connectivity index (χ3n) is 3.21. The Bertz CT molecular complexity index is 450. The van der Waals surface area contributed by atoms with Gasteiger partial charge in [0.05, 0.1) is 13.2 Å². The van der Waals surface area contributed by atoms with E-state index in [0.29, 0.717) is 19.8 Å². The van der Waals surface area contributed by atoms with Gasteiger partial charge in [-0.2, -0.15) is 0 Å². The van der Waals surface area contributed by atoms with Crippen LogP contribution >= 0.6 is 0 Å². The topological polar surface area (TPSA) is 54.9 Å². The van der Waals surface area contributed by atoms with Crippen molar-refractivity contribution in [3.63, 3.8) is 0 Å². The van der Waals surface area contributed by atoms with Gasteiger partial charge in [0.15, 0.2) is 5.96 Å². The fourth-order valence-corrected chi connectivity index (χ4v) is 1.88. The number of benzene rings is 1. The van der Waals surface area contributed by atoms with E-state index in [1.165, 1.54) is 5.56 Å². The van der Waals surface area contributed by atoms with Crippen molar-refractivity contribution in [2.75, 3.05) is 40.5 Å². The van der Waals surface area contributed by atoms with Gasteiger partial charge in [0.2, 0.25) is 0 Å². The van der Waals surface area contributed by atoms with Crippen LogP contribution in [0.3, 0.4) is 0 Å². The van der Waals surface area contributed by atoms with Crippen LogP contribution in [0, 0.1) is 0 Å². The average molecular weight is 307 g/mol. The van der Waals surface area contributed by atoms with Gasteiger partial charge in [0.25, 0.3) is 0 Å². The number of hydrogen-bond acceptors (Lipinski definition) is 3. The maximum Gasteiger partial charge on any atom is 0.191 e. The fraction of sp³-hybridized carbons (Fsp3) is 0.588. The van der Waals surface area contributed by atoms with Crippen LogP contribution in [0.2, 0.25) is 0 Å². The highest BCUT2D eigenvalue weighted by molar-refractivity contribution is 5.79. The molecule has 0 aliphatic heterocycles. The van der Waals surface area contributed by atoms with E-state index in [0.717, 1.165) is 18.3 Å². The largest absolute Gasteiger partial charge is 0.492 e. The first-order valence-corrected chi connectivity index (χ1v) is 7.64. The first-order chi connectivity index (χ1) is 10.5. The van der Waals surface area contributed by atoms with Gasteiger partial charge in [-0.3, -0.25) is 4.99 Å². The maximum absolute atomic E-state index is 5.72. The SMILES string of the molecule is CN=C(NCCOC)NCCOc1ccc(C(C)(C)C)cc1. The molecule has 5 nitrogen and oxygen atoms in total. The molecule has 22 heavy (non-hydrogen) atoms.